The molecule has 0 saturated carbocycles. The number of hydrogen-bond acceptors (Lipinski definition) is 5. The molecular formula is C20H21NO5. The Morgan fingerprint density at radius 2 is 1.73 bits per heavy atom. The molecule has 0 aromatic heterocycles. The van der Waals surface area contributed by atoms with Crippen LogP contribution in [-0.4, -0.2) is 54.3 Å². The molecular weight excluding hydrogens is 334 g/mol. The van der Waals surface area contributed by atoms with E-state index in [1.54, 1.807) is 53.4 Å². The van der Waals surface area contributed by atoms with Crippen LogP contribution in [0.1, 0.15) is 17.3 Å². The van der Waals surface area contributed by atoms with E-state index in [-0.39, 0.29) is 24.4 Å². The van der Waals surface area contributed by atoms with Crippen LogP contribution in [0.15, 0.2) is 48.5 Å². The van der Waals surface area contributed by atoms with Gasteiger partial charge in [-0.05, 0) is 42.3 Å². The van der Waals surface area contributed by atoms with Crippen LogP contribution in [0.3, 0.4) is 0 Å². The average Bonchev–Trinajstić information content (AvgIpc) is 2.66. The number of carbonyl (C=O) groups is 2. The Bertz CT molecular complexity index is 770. The predicted octanol–water partition coefficient (Wildman–Crippen LogP) is 2.46. The molecule has 0 spiro atoms. The average molecular weight is 355 g/mol. The summed E-state index contributed by atoms with van der Waals surface area (Å²) < 4.78 is 10.5. The van der Waals surface area contributed by atoms with Crippen LogP contribution in [0.5, 0.6) is 5.75 Å². The quantitative estimate of drug-likeness (QED) is 0.853. The zero-order chi connectivity index (χ0) is 18.5. The second-order valence-electron chi connectivity index (χ2n) is 6.22. The third-order valence-corrected chi connectivity index (χ3v) is 4.24. The van der Waals surface area contributed by atoms with E-state index in [4.69, 9.17) is 9.47 Å². The fourth-order valence-electron chi connectivity index (χ4n) is 2.80. The lowest BCUT2D eigenvalue weighted by molar-refractivity contribution is -0.141. The monoisotopic (exact) mass is 355 g/mol. The Balaban J connectivity index is 1.56. The number of carbonyl (C=O) groups excluding carboxylic acids is 2. The lowest BCUT2D eigenvalue weighted by Gasteiger charge is -2.30. The van der Waals surface area contributed by atoms with Crippen LogP contribution in [0.25, 0.3) is 11.1 Å². The molecule has 0 bridgehead atoms. The number of ether oxygens (including phenoxy) is 2. The van der Waals surface area contributed by atoms with Crippen molar-refractivity contribution in [3.05, 3.63) is 54.1 Å². The standard InChI is InChI=1S/C20H21NO5/c1-14-12-21(10-11-25-14)19(23)13-26-20(24)17-4-2-15(3-5-17)16-6-8-18(22)9-7-16/h2-9,14,22H,10-13H2,1H3. The minimum absolute atomic E-state index is 0.00385. The number of morpholine rings is 1. The predicted molar refractivity (Wildman–Crippen MR) is 95.8 cm³/mol. The Labute approximate surface area is 152 Å². The van der Waals surface area contributed by atoms with Gasteiger partial charge in [-0.3, -0.25) is 4.79 Å². The van der Waals surface area contributed by atoms with Crippen LogP contribution < -0.4 is 0 Å². The third kappa shape index (κ3) is 4.40. The van der Waals surface area contributed by atoms with Crippen molar-refractivity contribution in [2.24, 2.45) is 0 Å². The Kier molecular flexibility index (Phi) is 5.53. The maximum Gasteiger partial charge on any atom is 0.338 e. The van der Waals surface area contributed by atoms with Crippen molar-refractivity contribution in [2.45, 2.75) is 13.0 Å². The molecule has 3 rings (SSSR count). The normalized spacial score (nSPS) is 17.0. The molecule has 6 nitrogen and oxygen atoms in total. The van der Waals surface area contributed by atoms with E-state index in [1.165, 1.54) is 0 Å². The molecule has 0 radical (unpaired) electrons. The molecule has 136 valence electrons. The molecule has 1 fully saturated rings. The van der Waals surface area contributed by atoms with Gasteiger partial charge in [0, 0.05) is 13.1 Å². The summed E-state index contributed by atoms with van der Waals surface area (Å²) in [6.45, 7) is 3.16. The molecule has 1 N–H and O–H groups in total. The lowest BCUT2D eigenvalue weighted by atomic mass is 10.0. The summed E-state index contributed by atoms with van der Waals surface area (Å²) in [4.78, 5) is 25.9. The highest BCUT2D eigenvalue weighted by Gasteiger charge is 2.22. The van der Waals surface area contributed by atoms with Gasteiger partial charge in [0.05, 0.1) is 18.3 Å². The number of esters is 1. The first kappa shape index (κ1) is 17.9. The van der Waals surface area contributed by atoms with Gasteiger partial charge >= 0.3 is 5.97 Å². The van der Waals surface area contributed by atoms with Crippen LogP contribution in [0.4, 0.5) is 0 Å². The molecule has 2 aromatic carbocycles. The van der Waals surface area contributed by atoms with E-state index >= 15 is 0 Å². The number of hydrogen-bond donors (Lipinski definition) is 1. The smallest absolute Gasteiger partial charge is 0.338 e. The zero-order valence-electron chi connectivity index (χ0n) is 14.6. The largest absolute Gasteiger partial charge is 0.508 e. The first-order valence-corrected chi connectivity index (χ1v) is 8.49. The molecule has 0 aliphatic carbocycles. The fraction of sp³-hybridized carbons (Fsp3) is 0.300. The van der Waals surface area contributed by atoms with Gasteiger partial charge in [0.25, 0.3) is 5.91 Å². The lowest BCUT2D eigenvalue weighted by Crippen LogP contribution is -2.46. The summed E-state index contributed by atoms with van der Waals surface area (Å²) >= 11 is 0. The van der Waals surface area contributed by atoms with Crippen molar-refractivity contribution in [1.82, 2.24) is 4.90 Å². The number of amides is 1. The van der Waals surface area contributed by atoms with Gasteiger partial charge in [-0.25, -0.2) is 4.79 Å². The SMILES string of the molecule is CC1CN(C(=O)COC(=O)c2ccc(-c3ccc(O)cc3)cc2)CCO1. The molecule has 1 atom stereocenters. The molecule has 1 aliphatic rings. The highest BCUT2D eigenvalue weighted by molar-refractivity contribution is 5.91. The van der Waals surface area contributed by atoms with Crippen molar-refractivity contribution in [2.75, 3.05) is 26.3 Å². The van der Waals surface area contributed by atoms with Gasteiger partial charge in [-0.1, -0.05) is 24.3 Å². The second kappa shape index (κ2) is 8.01. The van der Waals surface area contributed by atoms with Gasteiger partial charge in [0.1, 0.15) is 5.75 Å². The number of phenolic OH excluding ortho intramolecular Hbond substituents is 1. The molecule has 2 aromatic rings. The Morgan fingerprint density at radius 3 is 2.35 bits per heavy atom. The summed E-state index contributed by atoms with van der Waals surface area (Å²) in [6.07, 6.45) is -0.00385. The highest BCUT2D eigenvalue weighted by atomic mass is 16.5. The topological polar surface area (TPSA) is 76.1 Å². The number of benzene rings is 2. The highest BCUT2D eigenvalue weighted by Crippen LogP contribution is 2.22. The molecule has 1 saturated heterocycles. The Morgan fingerprint density at radius 1 is 1.12 bits per heavy atom. The van der Waals surface area contributed by atoms with Crippen molar-refractivity contribution < 1.29 is 24.2 Å². The maximum absolute atomic E-state index is 12.1. The first-order chi connectivity index (χ1) is 12.5. The molecule has 26 heavy (non-hydrogen) atoms. The molecule has 1 amide bonds. The zero-order valence-corrected chi connectivity index (χ0v) is 14.6. The van der Waals surface area contributed by atoms with E-state index in [0.29, 0.717) is 25.3 Å². The van der Waals surface area contributed by atoms with Crippen LogP contribution in [0, 0.1) is 0 Å². The van der Waals surface area contributed by atoms with Gasteiger partial charge < -0.3 is 19.5 Å². The van der Waals surface area contributed by atoms with Gasteiger partial charge in [0.15, 0.2) is 6.61 Å². The summed E-state index contributed by atoms with van der Waals surface area (Å²) in [5, 5.41) is 9.33. The fourth-order valence-corrected chi connectivity index (χ4v) is 2.80. The van der Waals surface area contributed by atoms with E-state index in [1.807, 2.05) is 6.92 Å². The maximum atomic E-state index is 12.1. The van der Waals surface area contributed by atoms with Gasteiger partial charge in [-0.2, -0.15) is 0 Å². The van der Waals surface area contributed by atoms with Crippen molar-refractivity contribution in [1.29, 1.82) is 0 Å². The Hall–Kier alpha value is -2.86. The van der Waals surface area contributed by atoms with Gasteiger partial charge in [-0.15, -0.1) is 0 Å². The summed E-state index contributed by atoms with van der Waals surface area (Å²) in [6, 6.07) is 13.7. The van der Waals surface area contributed by atoms with Crippen LogP contribution >= 0.6 is 0 Å². The summed E-state index contributed by atoms with van der Waals surface area (Å²) in [5.74, 6) is -0.542. The van der Waals surface area contributed by atoms with Crippen molar-refractivity contribution in [3.8, 4) is 16.9 Å². The van der Waals surface area contributed by atoms with E-state index in [0.717, 1.165) is 11.1 Å². The molecule has 1 unspecified atom stereocenters. The minimum atomic E-state index is -0.531. The molecule has 6 heteroatoms. The molecule has 1 heterocycles. The van der Waals surface area contributed by atoms with Crippen LogP contribution in [-0.2, 0) is 14.3 Å². The van der Waals surface area contributed by atoms with Crippen molar-refractivity contribution in [3.63, 3.8) is 0 Å². The number of nitrogens with zero attached hydrogens (tertiary/aromatic N) is 1. The third-order valence-electron chi connectivity index (χ3n) is 4.24. The number of aromatic hydroxyl groups is 1. The van der Waals surface area contributed by atoms with Crippen LogP contribution in [0.2, 0.25) is 0 Å². The summed E-state index contributed by atoms with van der Waals surface area (Å²) in [5.41, 5.74) is 2.23. The van der Waals surface area contributed by atoms with E-state index in [9.17, 15) is 14.7 Å². The van der Waals surface area contributed by atoms with E-state index < -0.39 is 5.97 Å². The second-order valence-corrected chi connectivity index (χ2v) is 6.22. The number of phenols is 1. The molecule has 1 aliphatic heterocycles. The summed E-state index contributed by atoms with van der Waals surface area (Å²) in [7, 11) is 0. The van der Waals surface area contributed by atoms with Gasteiger partial charge in [0.2, 0.25) is 0 Å². The number of rotatable bonds is 4. The minimum Gasteiger partial charge on any atom is -0.508 e. The van der Waals surface area contributed by atoms with E-state index in [2.05, 4.69) is 0 Å². The first-order valence-electron chi connectivity index (χ1n) is 8.49. The van der Waals surface area contributed by atoms with Crippen molar-refractivity contribution >= 4 is 11.9 Å².